The Hall–Kier alpha value is -2.33. The van der Waals surface area contributed by atoms with Crippen LogP contribution < -0.4 is 11.5 Å². The van der Waals surface area contributed by atoms with Crippen LogP contribution >= 0.6 is 15.6 Å². The normalized spacial score (nSPS) is 39.4. The summed E-state index contributed by atoms with van der Waals surface area (Å²) >= 11 is 0. The molecule has 5 fully saturated rings. The zero-order valence-electron chi connectivity index (χ0n) is 50.9. The maximum atomic E-state index is 14.0. The first-order valence-corrected chi connectivity index (χ1v) is 33.3. The molecule has 5 rings (SSSR count). The second-order valence-electron chi connectivity index (χ2n) is 22.6. The summed E-state index contributed by atoms with van der Waals surface area (Å²) in [4.78, 5) is 59.9. The van der Waals surface area contributed by atoms with E-state index in [0.717, 1.165) is 12.8 Å². The van der Waals surface area contributed by atoms with Gasteiger partial charge in [0.25, 0.3) is 0 Å². The van der Waals surface area contributed by atoms with Crippen LogP contribution in [-0.4, -0.2) is 317 Å². The maximum absolute atomic E-state index is 14.0. The van der Waals surface area contributed by atoms with Crippen LogP contribution in [0, 0.1) is 0 Å². The van der Waals surface area contributed by atoms with Gasteiger partial charge in [-0.15, -0.1) is 0 Å². The van der Waals surface area contributed by atoms with Gasteiger partial charge in [-0.2, -0.15) is 0 Å². The number of phosphoric acid groups is 2. The van der Waals surface area contributed by atoms with Crippen molar-refractivity contribution in [3.63, 3.8) is 0 Å². The average molecular weight is 1390 g/mol. The van der Waals surface area contributed by atoms with Crippen molar-refractivity contribution in [3.8, 4) is 0 Å². The second-order valence-corrected chi connectivity index (χ2v) is 25.5. The van der Waals surface area contributed by atoms with Crippen molar-refractivity contribution in [3.05, 3.63) is 0 Å². The average Bonchev–Trinajstić information content (AvgIpc) is 0.782. The Labute approximate surface area is 528 Å². The summed E-state index contributed by atoms with van der Waals surface area (Å²) in [6, 6.07) is -1.89. The Kier molecular flexibility index (Phi) is 33.3. The van der Waals surface area contributed by atoms with Crippen LogP contribution in [0.3, 0.4) is 0 Å². The minimum atomic E-state index is -5.67. The van der Waals surface area contributed by atoms with Crippen molar-refractivity contribution in [1.82, 2.24) is 0 Å². The quantitative estimate of drug-likeness (QED) is 0.0119. The summed E-state index contributed by atoms with van der Waals surface area (Å²) < 4.78 is 109. The molecule has 4 aliphatic heterocycles. The first kappa shape index (κ1) is 80.4. The number of phosphoric ester groups is 2. The minimum Gasteiger partial charge on any atom is -0.462 e. The van der Waals surface area contributed by atoms with Gasteiger partial charge < -0.3 is 145 Å². The highest BCUT2D eigenvalue weighted by Gasteiger charge is 2.59. The molecule has 0 radical (unpaired) electrons. The van der Waals surface area contributed by atoms with Gasteiger partial charge in [0, 0.05) is 25.8 Å². The molecule has 0 spiro atoms. The number of esters is 3. The Bertz CT molecular complexity index is 2310. The van der Waals surface area contributed by atoms with Gasteiger partial charge in [0.15, 0.2) is 37.4 Å². The van der Waals surface area contributed by atoms with E-state index in [1.165, 1.54) is 0 Å². The predicted molar refractivity (Wildman–Crippen MR) is 299 cm³/mol. The van der Waals surface area contributed by atoms with Crippen molar-refractivity contribution in [2.45, 2.75) is 257 Å². The predicted octanol–water partition coefficient (Wildman–Crippen LogP) is -6.97. The van der Waals surface area contributed by atoms with Gasteiger partial charge in [0.1, 0.15) is 129 Å². The number of aliphatic hydroxyl groups is 14. The fourth-order valence-electron chi connectivity index (χ4n) is 10.2. The van der Waals surface area contributed by atoms with Crippen molar-refractivity contribution in [1.29, 1.82) is 0 Å². The maximum Gasteiger partial charge on any atom is 0.472 e. The third-order valence-corrected chi connectivity index (χ3v) is 17.5. The summed E-state index contributed by atoms with van der Waals surface area (Å²) in [6.07, 6.45) is -50.7. The van der Waals surface area contributed by atoms with E-state index < -0.39 is 245 Å². The van der Waals surface area contributed by atoms with E-state index in [-0.39, 0.29) is 32.2 Å². The first-order valence-electron chi connectivity index (χ1n) is 30.3. The highest BCUT2D eigenvalue weighted by Crippen LogP contribution is 2.49. The number of aliphatic hydroxyl groups excluding tert-OH is 14. The zero-order chi connectivity index (χ0) is 68.4. The lowest BCUT2D eigenvalue weighted by Crippen LogP contribution is -2.69. The number of carbonyl (C=O) groups excluding carboxylic acids is 3. The molecule has 1 aliphatic carbocycles. The lowest BCUT2D eigenvalue weighted by Gasteiger charge is -2.49. The number of unbranched alkanes of at least 4 members (excludes halogenated alkanes) is 5. The summed E-state index contributed by atoms with van der Waals surface area (Å²) in [5.74, 6) is -2.51. The van der Waals surface area contributed by atoms with Crippen molar-refractivity contribution in [2.75, 3.05) is 52.8 Å². The standard InChI is InChI=1S/C52H94N2O36P2/c1-4-7-10-13-28(57)76-19-23(81-29(58)14-11-8-5-2)20-79-92(74,75)90-48-44(86-30(59)12-9-6-3)41(69)38(66)42(70)45(48)87-49-31(54)36(64)34(62)26(84-49)21-77-51-46(39(67)32(60)24(17-55)82-51)89-52-47(40(68)33(61)25(18-56)83-52)88-50-43(71)37(65)35(63)27(85-50)22-80-91(72,73)78-16-15-53/h23-27,31-52,55-56,60-71H,4-22,53-54H2,1-3H3,(H,72,73)(H,74,75)/t23-,24-,25-,26-,27-,31-,32-,33-,34-,35-,36-,37+,38-,39+,40+,41-,42+,43+,44-,45-,46+,47+,48-,49-,50-,51+,52-/m1/s1. The topological polar surface area (TPSA) is 600 Å². The van der Waals surface area contributed by atoms with Gasteiger partial charge in [0.2, 0.25) is 0 Å². The van der Waals surface area contributed by atoms with Crippen molar-refractivity contribution >= 4 is 33.6 Å². The largest absolute Gasteiger partial charge is 0.472 e. The number of carbonyl (C=O) groups is 3. The van der Waals surface area contributed by atoms with E-state index in [9.17, 15) is 105 Å². The van der Waals surface area contributed by atoms with Gasteiger partial charge in [-0.05, 0) is 19.3 Å². The highest BCUT2D eigenvalue weighted by atomic mass is 31.2. The van der Waals surface area contributed by atoms with Crippen LogP contribution in [0.15, 0.2) is 0 Å². The van der Waals surface area contributed by atoms with Crippen molar-refractivity contribution in [2.24, 2.45) is 11.5 Å². The van der Waals surface area contributed by atoms with Gasteiger partial charge in [-0.1, -0.05) is 52.9 Å². The SMILES string of the molecule is CCCCCC(=O)OC[C@H](COP(=O)(O)O[C@@H]1[C@H](OC(=O)CCCC)[C@H](O)[C@@H](O)[C@H](O)[C@H]1O[C@H]1O[C@H](CO[C@H]2O[C@H](CO)[C@@H](O)[C@H](O)[C@@H]2O[C@H]2O[C@H](CO)[C@@H](O)[C@H](O)[C@@H]2O[C@H]2O[C@H](COP(=O)(O)OCCN)[C@@H](O)[C@H](O)[C@@H]2O)[C@@H](O)[C@H](O)[C@H]1N)OC(=O)CCCCC. The van der Waals surface area contributed by atoms with Gasteiger partial charge >= 0.3 is 33.6 Å². The lowest BCUT2D eigenvalue weighted by atomic mass is 9.84. The molecule has 4 heterocycles. The Morgan fingerprint density at radius 2 is 0.946 bits per heavy atom. The fourth-order valence-corrected chi connectivity index (χ4v) is 11.9. The molecule has 4 saturated heterocycles. The van der Waals surface area contributed by atoms with Crippen LogP contribution in [0.1, 0.15) is 91.4 Å². The van der Waals surface area contributed by atoms with E-state index in [4.69, 9.17) is 77.1 Å². The molecule has 538 valence electrons. The highest BCUT2D eigenvalue weighted by molar-refractivity contribution is 7.47. The molecule has 40 heteroatoms. The molecule has 0 bridgehead atoms. The molecule has 20 N–H and O–H groups in total. The van der Waals surface area contributed by atoms with Crippen LogP contribution in [0.4, 0.5) is 0 Å². The van der Waals surface area contributed by atoms with Crippen molar-refractivity contribution < 1.29 is 175 Å². The Morgan fingerprint density at radius 3 is 1.54 bits per heavy atom. The molecular weight excluding hydrogens is 1290 g/mol. The monoisotopic (exact) mass is 1380 g/mol. The molecule has 29 atom stereocenters. The third kappa shape index (κ3) is 22.3. The molecule has 92 heavy (non-hydrogen) atoms. The Balaban J connectivity index is 1.41. The number of ether oxygens (including phenoxy) is 11. The Morgan fingerprint density at radius 1 is 0.467 bits per heavy atom. The number of nitrogens with two attached hydrogens (primary N) is 2. The van der Waals surface area contributed by atoms with Crippen LogP contribution in [0.5, 0.6) is 0 Å². The van der Waals surface area contributed by atoms with E-state index in [0.29, 0.717) is 32.1 Å². The smallest absolute Gasteiger partial charge is 0.462 e. The first-order chi connectivity index (χ1) is 43.5. The minimum absolute atomic E-state index is 0.00276. The zero-order valence-corrected chi connectivity index (χ0v) is 52.7. The van der Waals surface area contributed by atoms with Crippen LogP contribution in [0.25, 0.3) is 0 Å². The molecule has 38 nitrogen and oxygen atoms in total. The van der Waals surface area contributed by atoms with Crippen LogP contribution in [0.2, 0.25) is 0 Å². The number of hydrogen-bond acceptors (Lipinski definition) is 36. The van der Waals surface area contributed by atoms with E-state index in [1.54, 1.807) is 6.92 Å². The van der Waals surface area contributed by atoms with Gasteiger partial charge in [-0.3, -0.25) is 32.5 Å². The summed E-state index contributed by atoms with van der Waals surface area (Å²) in [5, 5.41) is 154. The van der Waals surface area contributed by atoms with Gasteiger partial charge in [0.05, 0.1) is 45.7 Å². The number of hydrogen-bond donors (Lipinski definition) is 18. The molecule has 0 aromatic carbocycles. The van der Waals surface area contributed by atoms with E-state index in [2.05, 4.69) is 4.52 Å². The molecule has 2 unspecified atom stereocenters. The van der Waals surface area contributed by atoms with Gasteiger partial charge in [-0.25, -0.2) is 9.13 Å². The summed E-state index contributed by atoms with van der Waals surface area (Å²) in [7, 11) is -10.5. The lowest BCUT2D eigenvalue weighted by molar-refractivity contribution is -0.395. The molecule has 0 aromatic rings. The molecule has 5 aliphatic rings. The molecule has 0 amide bonds. The molecular formula is C52H94N2O36P2. The third-order valence-electron chi connectivity index (χ3n) is 15.5. The summed E-state index contributed by atoms with van der Waals surface area (Å²) in [5.41, 5.74) is 11.6. The second kappa shape index (κ2) is 38.1. The van der Waals surface area contributed by atoms with E-state index >= 15 is 0 Å². The number of rotatable bonds is 37. The summed E-state index contributed by atoms with van der Waals surface area (Å²) in [6.45, 7) is -0.903. The fraction of sp³-hybridized carbons (Fsp3) is 0.942. The molecule has 0 aromatic heterocycles. The van der Waals surface area contributed by atoms with Crippen LogP contribution in [-0.2, 0) is 93.7 Å². The molecule has 1 saturated carbocycles. The van der Waals surface area contributed by atoms with E-state index in [1.807, 2.05) is 13.8 Å².